The van der Waals surface area contributed by atoms with Gasteiger partial charge in [-0.2, -0.15) is 0 Å². The van der Waals surface area contributed by atoms with Crippen LogP contribution in [-0.4, -0.2) is 10.5 Å². The van der Waals surface area contributed by atoms with Crippen LogP contribution in [-0.2, 0) is 6.42 Å². The molecule has 0 radical (unpaired) electrons. The first-order chi connectivity index (χ1) is 8.65. The molecule has 2 aromatic rings. The number of oxazole rings is 1. The Bertz CT molecular complexity index is 558. The van der Waals surface area contributed by atoms with E-state index in [1.54, 1.807) is 0 Å². The Hall–Kier alpha value is -1.06. The number of benzene rings is 1. The van der Waals surface area contributed by atoms with Gasteiger partial charge in [0, 0.05) is 17.0 Å². The van der Waals surface area contributed by atoms with Crippen LogP contribution in [0.3, 0.4) is 0 Å². The molecule has 3 nitrogen and oxygen atoms in total. The van der Waals surface area contributed by atoms with Crippen LogP contribution in [0, 0.1) is 0 Å². The highest BCUT2D eigenvalue weighted by Crippen LogP contribution is 2.30. The van der Waals surface area contributed by atoms with E-state index in [1.165, 1.54) is 19.3 Å². The summed E-state index contributed by atoms with van der Waals surface area (Å²) in [6, 6.07) is 5.50. The fourth-order valence-electron chi connectivity index (χ4n) is 2.76. The van der Waals surface area contributed by atoms with Gasteiger partial charge in [-0.25, -0.2) is 4.98 Å². The first-order valence-electron chi connectivity index (χ1n) is 6.49. The van der Waals surface area contributed by atoms with Gasteiger partial charge in [0.05, 0.1) is 0 Å². The highest BCUT2D eigenvalue weighted by molar-refractivity contribution is 6.31. The molecule has 3 rings (SSSR count). The lowest BCUT2D eigenvalue weighted by molar-refractivity contribution is 0.276. The molecule has 0 spiro atoms. The maximum Gasteiger partial charge on any atom is 0.197 e. The molecule has 0 saturated heterocycles. The summed E-state index contributed by atoms with van der Waals surface area (Å²) in [7, 11) is 0. The molecule has 2 N–H and O–H groups in total. The van der Waals surface area contributed by atoms with Crippen LogP contribution in [0.25, 0.3) is 11.1 Å². The second kappa shape index (κ2) is 4.56. The van der Waals surface area contributed by atoms with Gasteiger partial charge in [0.1, 0.15) is 5.52 Å². The molecular weight excluding hydrogens is 248 g/mol. The van der Waals surface area contributed by atoms with E-state index < -0.39 is 0 Å². The summed E-state index contributed by atoms with van der Waals surface area (Å²) in [6.45, 7) is 0. The third-order valence-electron chi connectivity index (χ3n) is 3.75. The van der Waals surface area contributed by atoms with E-state index in [0.29, 0.717) is 5.02 Å². The lowest BCUT2D eigenvalue weighted by Crippen LogP contribution is -2.43. The Morgan fingerprint density at radius 2 is 2.06 bits per heavy atom. The van der Waals surface area contributed by atoms with E-state index in [1.807, 2.05) is 18.2 Å². The lowest BCUT2D eigenvalue weighted by atomic mass is 9.80. The number of fused-ring (bicyclic) bond motifs is 1. The number of aromatic nitrogens is 1. The van der Waals surface area contributed by atoms with E-state index in [0.717, 1.165) is 36.3 Å². The predicted octanol–water partition coefficient (Wildman–Crippen LogP) is 3.69. The maximum absolute atomic E-state index is 6.42. The Morgan fingerprint density at radius 3 is 2.83 bits per heavy atom. The van der Waals surface area contributed by atoms with E-state index >= 15 is 0 Å². The molecule has 0 atom stereocenters. The van der Waals surface area contributed by atoms with Gasteiger partial charge >= 0.3 is 0 Å². The van der Waals surface area contributed by atoms with Crippen LogP contribution in [0.4, 0.5) is 0 Å². The van der Waals surface area contributed by atoms with Gasteiger partial charge in [-0.15, -0.1) is 0 Å². The molecular formula is C14H17ClN2O. The maximum atomic E-state index is 6.42. The van der Waals surface area contributed by atoms with Gasteiger partial charge in [0.25, 0.3) is 0 Å². The minimum Gasteiger partial charge on any atom is -0.441 e. The van der Waals surface area contributed by atoms with Crippen LogP contribution in [0.1, 0.15) is 38.0 Å². The van der Waals surface area contributed by atoms with Crippen LogP contribution in [0.5, 0.6) is 0 Å². The molecule has 1 aliphatic carbocycles. The zero-order valence-corrected chi connectivity index (χ0v) is 11.0. The van der Waals surface area contributed by atoms with Crippen molar-refractivity contribution in [3.63, 3.8) is 0 Å². The number of nitrogens with two attached hydrogens (primary N) is 1. The summed E-state index contributed by atoms with van der Waals surface area (Å²) in [6.07, 6.45) is 6.56. The van der Waals surface area contributed by atoms with Gasteiger partial charge in [0.2, 0.25) is 0 Å². The molecule has 0 unspecified atom stereocenters. The van der Waals surface area contributed by atoms with Crippen molar-refractivity contribution in [2.24, 2.45) is 5.73 Å². The fraction of sp³-hybridized carbons (Fsp3) is 0.500. The SMILES string of the molecule is NC1(Cc2nc3cc(Cl)ccc3o2)CCCCC1. The van der Waals surface area contributed by atoms with Crippen molar-refractivity contribution in [2.45, 2.75) is 44.1 Å². The van der Waals surface area contributed by atoms with Crippen LogP contribution in [0.2, 0.25) is 5.02 Å². The van der Waals surface area contributed by atoms with E-state index in [2.05, 4.69) is 4.98 Å². The first-order valence-corrected chi connectivity index (χ1v) is 6.86. The Morgan fingerprint density at radius 1 is 1.28 bits per heavy atom. The highest BCUT2D eigenvalue weighted by atomic mass is 35.5. The molecule has 1 aromatic heterocycles. The molecule has 18 heavy (non-hydrogen) atoms. The van der Waals surface area contributed by atoms with Gasteiger partial charge in [-0.1, -0.05) is 30.9 Å². The Kier molecular flexibility index (Phi) is 3.04. The van der Waals surface area contributed by atoms with Crippen LogP contribution in [0.15, 0.2) is 22.6 Å². The molecule has 1 fully saturated rings. The van der Waals surface area contributed by atoms with Crippen LogP contribution >= 0.6 is 11.6 Å². The van der Waals surface area contributed by atoms with Crippen molar-refractivity contribution >= 4 is 22.7 Å². The van der Waals surface area contributed by atoms with Crippen molar-refractivity contribution < 1.29 is 4.42 Å². The zero-order chi connectivity index (χ0) is 12.6. The zero-order valence-electron chi connectivity index (χ0n) is 10.3. The lowest BCUT2D eigenvalue weighted by Gasteiger charge is -2.32. The standard InChI is InChI=1S/C14H17ClN2O/c15-10-4-5-12-11(8-10)17-13(18-12)9-14(16)6-2-1-3-7-14/h4-5,8H,1-3,6-7,9,16H2. The molecule has 0 aliphatic heterocycles. The fourth-order valence-corrected chi connectivity index (χ4v) is 2.92. The van der Waals surface area contributed by atoms with Crippen molar-refractivity contribution in [2.75, 3.05) is 0 Å². The Balaban J connectivity index is 1.86. The number of halogens is 1. The third kappa shape index (κ3) is 2.38. The minimum absolute atomic E-state index is 0.136. The van der Waals surface area contributed by atoms with Gasteiger partial charge in [0.15, 0.2) is 11.5 Å². The number of hydrogen-bond acceptors (Lipinski definition) is 3. The molecule has 96 valence electrons. The molecule has 1 saturated carbocycles. The van der Waals surface area contributed by atoms with Crippen LogP contribution < -0.4 is 5.73 Å². The topological polar surface area (TPSA) is 52.0 Å². The van der Waals surface area contributed by atoms with Gasteiger partial charge in [-0.05, 0) is 31.0 Å². The normalized spacial score (nSPS) is 19.2. The van der Waals surface area contributed by atoms with E-state index in [-0.39, 0.29) is 5.54 Å². The monoisotopic (exact) mass is 264 g/mol. The second-order valence-corrected chi connectivity index (χ2v) is 5.76. The van der Waals surface area contributed by atoms with Gasteiger partial charge < -0.3 is 10.2 Å². The third-order valence-corrected chi connectivity index (χ3v) is 3.98. The Labute approximate surface area is 111 Å². The molecule has 4 heteroatoms. The molecule has 1 heterocycles. The van der Waals surface area contributed by atoms with Gasteiger partial charge in [-0.3, -0.25) is 0 Å². The average molecular weight is 265 g/mol. The number of rotatable bonds is 2. The summed E-state index contributed by atoms with van der Waals surface area (Å²) in [5.74, 6) is 0.733. The second-order valence-electron chi connectivity index (χ2n) is 5.32. The largest absolute Gasteiger partial charge is 0.441 e. The van der Waals surface area contributed by atoms with Crippen molar-refractivity contribution in [3.8, 4) is 0 Å². The minimum atomic E-state index is -0.136. The summed E-state index contributed by atoms with van der Waals surface area (Å²) in [4.78, 5) is 4.48. The van der Waals surface area contributed by atoms with E-state index in [4.69, 9.17) is 21.8 Å². The van der Waals surface area contributed by atoms with Crippen molar-refractivity contribution in [3.05, 3.63) is 29.1 Å². The van der Waals surface area contributed by atoms with Crippen molar-refractivity contribution in [1.29, 1.82) is 0 Å². The smallest absolute Gasteiger partial charge is 0.197 e. The summed E-state index contributed by atoms with van der Waals surface area (Å²) >= 11 is 5.94. The quantitative estimate of drug-likeness (QED) is 0.900. The number of nitrogens with zero attached hydrogens (tertiary/aromatic N) is 1. The molecule has 1 aliphatic rings. The summed E-state index contributed by atoms with van der Waals surface area (Å²) < 4.78 is 5.74. The summed E-state index contributed by atoms with van der Waals surface area (Å²) in [5, 5.41) is 0.683. The van der Waals surface area contributed by atoms with Crippen molar-refractivity contribution in [1.82, 2.24) is 4.98 Å². The average Bonchev–Trinajstić information content (AvgIpc) is 2.70. The first kappa shape index (κ1) is 12.0. The summed E-state index contributed by atoms with van der Waals surface area (Å²) in [5.41, 5.74) is 7.88. The molecule has 0 amide bonds. The van der Waals surface area contributed by atoms with E-state index in [9.17, 15) is 0 Å². The molecule has 1 aromatic carbocycles. The highest BCUT2D eigenvalue weighted by Gasteiger charge is 2.29. The number of hydrogen-bond donors (Lipinski definition) is 1. The molecule has 0 bridgehead atoms. The predicted molar refractivity (Wildman–Crippen MR) is 72.7 cm³/mol.